The van der Waals surface area contributed by atoms with E-state index in [4.69, 9.17) is 5.73 Å². The second kappa shape index (κ2) is 8.58. The smallest absolute Gasteiger partial charge is 0.271 e. The molecule has 1 aliphatic carbocycles. The van der Waals surface area contributed by atoms with Crippen molar-refractivity contribution in [3.05, 3.63) is 34.1 Å². The summed E-state index contributed by atoms with van der Waals surface area (Å²) in [5.74, 6) is -0.107. The van der Waals surface area contributed by atoms with Gasteiger partial charge in [0.2, 0.25) is 11.9 Å². The molecule has 4 heterocycles. The fourth-order valence-corrected chi connectivity index (χ4v) is 5.63. The Kier molecular flexibility index (Phi) is 5.72. The van der Waals surface area contributed by atoms with E-state index >= 15 is 0 Å². The van der Waals surface area contributed by atoms with Crippen LogP contribution in [0.25, 0.3) is 11.4 Å². The molecule has 0 saturated carbocycles. The number of aromatic amines is 1. The van der Waals surface area contributed by atoms with Crippen molar-refractivity contribution in [2.45, 2.75) is 56.5 Å². The molecule has 0 aromatic carbocycles. The Balaban J connectivity index is 1.25. The largest absolute Gasteiger partial charge is 0.393 e. The van der Waals surface area contributed by atoms with E-state index in [9.17, 15) is 14.7 Å². The first-order valence-corrected chi connectivity index (χ1v) is 12.2. The molecule has 6 N–H and O–H groups in total. The van der Waals surface area contributed by atoms with Crippen molar-refractivity contribution in [3.63, 3.8) is 0 Å². The molecule has 2 aromatic heterocycles. The Labute approximate surface area is 201 Å². The van der Waals surface area contributed by atoms with Crippen molar-refractivity contribution >= 4 is 29.5 Å². The summed E-state index contributed by atoms with van der Waals surface area (Å²) < 4.78 is 0. The molecule has 1 fully saturated rings. The number of carbonyl (C=O) groups is 2. The molecule has 2 amide bonds. The third kappa shape index (κ3) is 4.23. The molecule has 1 saturated heterocycles. The van der Waals surface area contributed by atoms with Crippen molar-refractivity contribution in [1.82, 2.24) is 35.7 Å². The number of rotatable bonds is 4. The first-order valence-electron chi connectivity index (χ1n) is 11.3. The second-order valence-corrected chi connectivity index (χ2v) is 10.5. The monoisotopic (exact) mass is 484 g/mol. The van der Waals surface area contributed by atoms with Crippen molar-refractivity contribution < 1.29 is 14.7 Å². The molecular weight excluding hydrogens is 456 g/mol. The van der Waals surface area contributed by atoms with Gasteiger partial charge in [-0.15, -0.1) is 0 Å². The van der Waals surface area contributed by atoms with Crippen LogP contribution in [0.5, 0.6) is 0 Å². The number of amides is 2. The number of aliphatic hydroxyl groups is 1. The van der Waals surface area contributed by atoms with Crippen LogP contribution in [0.15, 0.2) is 17.3 Å². The van der Waals surface area contributed by atoms with Crippen LogP contribution in [0, 0.1) is 0 Å². The molecule has 0 bridgehead atoms. The van der Waals surface area contributed by atoms with Gasteiger partial charge in [0, 0.05) is 30.5 Å². The summed E-state index contributed by atoms with van der Waals surface area (Å²) in [6.45, 7) is 5.26. The van der Waals surface area contributed by atoms with Crippen LogP contribution in [0.1, 0.15) is 54.7 Å². The van der Waals surface area contributed by atoms with Gasteiger partial charge in [0.25, 0.3) is 5.91 Å². The number of hydrogen-bond acceptors (Lipinski definition) is 9. The third-order valence-electron chi connectivity index (χ3n) is 6.49. The minimum atomic E-state index is -0.394. The molecule has 3 aliphatic rings. The Morgan fingerprint density at radius 2 is 2.09 bits per heavy atom. The number of thioether (sulfide) groups is 1. The number of nitrogens with one attached hydrogen (secondary N) is 3. The van der Waals surface area contributed by atoms with E-state index in [0.717, 1.165) is 16.8 Å². The van der Waals surface area contributed by atoms with E-state index in [1.165, 1.54) is 11.8 Å². The summed E-state index contributed by atoms with van der Waals surface area (Å²) in [5, 5.41) is 25.0. The topological polar surface area (TPSA) is 162 Å². The Hall–Kier alpha value is -3.12. The van der Waals surface area contributed by atoms with E-state index < -0.39 is 5.50 Å². The standard InChI is InChI=1S/C22H28N8O3S/c1-22(2)8-11-9-24-20(23)26-16(11)17-15(22)18(29-28-17)19(33)27-21-25-12(10-34-21)7-14(32)30-5-3-13(31)4-6-30/h9-10,13,21,25,31H,3-8H2,1-2H3,(H,27,33)(H,28,29)(H2,23,24,26). The van der Waals surface area contributed by atoms with Crippen LogP contribution >= 0.6 is 11.8 Å². The lowest BCUT2D eigenvalue weighted by Gasteiger charge is -2.31. The van der Waals surface area contributed by atoms with Gasteiger partial charge in [-0.2, -0.15) is 5.10 Å². The summed E-state index contributed by atoms with van der Waals surface area (Å²) in [6.07, 6.45) is 3.52. The minimum Gasteiger partial charge on any atom is -0.393 e. The lowest BCUT2D eigenvalue weighted by molar-refractivity contribution is -0.132. The molecule has 0 spiro atoms. The van der Waals surface area contributed by atoms with E-state index in [-0.39, 0.29) is 35.7 Å². The normalized spacial score (nSPS) is 21.3. The highest BCUT2D eigenvalue weighted by Crippen LogP contribution is 2.42. The van der Waals surface area contributed by atoms with Gasteiger partial charge < -0.3 is 26.4 Å². The fraction of sp³-hybridized carbons (Fsp3) is 0.500. The van der Waals surface area contributed by atoms with Gasteiger partial charge in [0.1, 0.15) is 11.4 Å². The zero-order valence-corrected chi connectivity index (χ0v) is 19.9. The number of aromatic nitrogens is 4. The first-order chi connectivity index (χ1) is 16.2. The van der Waals surface area contributed by atoms with Gasteiger partial charge in [0.05, 0.1) is 18.2 Å². The number of likely N-dealkylation sites (tertiary alicyclic amines) is 1. The summed E-state index contributed by atoms with van der Waals surface area (Å²) in [4.78, 5) is 36.0. The zero-order valence-electron chi connectivity index (χ0n) is 19.1. The lowest BCUT2D eigenvalue weighted by Crippen LogP contribution is -2.43. The molecule has 12 heteroatoms. The molecule has 5 rings (SSSR count). The average Bonchev–Trinajstić information content (AvgIpc) is 3.42. The van der Waals surface area contributed by atoms with Crippen molar-refractivity contribution in [1.29, 1.82) is 0 Å². The van der Waals surface area contributed by atoms with Gasteiger partial charge in [-0.05, 0) is 35.6 Å². The van der Waals surface area contributed by atoms with Crippen molar-refractivity contribution in [2.75, 3.05) is 18.8 Å². The molecule has 2 aromatic rings. The number of nitrogens with two attached hydrogens (primary N) is 1. The van der Waals surface area contributed by atoms with Crippen LogP contribution in [0.2, 0.25) is 0 Å². The Morgan fingerprint density at radius 1 is 1.32 bits per heavy atom. The minimum absolute atomic E-state index is 0.0162. The van der Waals surface area contributed by atoms with Gasteiger partial charge in [-0.1, -0.05) is 25.6 Å². The first kappa shape index (κ1) is 22.7. The van der Waals surface area contributed by atoms with Crippen LogP contribution in [0.3, 0.4) is 0 Å². The quantitative estimate of drug-likeness (QED) is 0.423. The number of H-pyrrole nitrogens is 1. The predicted octanol–water partition coefficient (Wildman–Crippen LogP) is 0.847. The zero-order chi connectivity index (χ0) is 24.0. The van der Waals surface area contributed by atoms with Crippen molar-refractivity contribution in [3.8, 4) is 11.4 Å². The van der Waals surface area contributed by atoms with Crippen LogP contribution < -0.4 is 16.4 Å². The number of piperidine rings is 1. The molecule has 0 radical (unpaired) electrons. The Morgan fingerprint density at radius 3 is 2.85 bits per heavy atom. The maximum atomic E-state index is 13.2. The van der Waals surface area contributed by atoms with E-state index in [2.05, 4.69) is 44.6 Å². The molecule has 1 atom stereocenters. The van der Waals surface area contributed by atoms with Crippen LogP contribution in [0.4, 0.5) is 5.95 Å². The highest BCUT2D eigenvalue weighted by Gasteiger charge is 2.39. The number of anilines is 1. The van der Waals surface area contributed by atoms with Gasteiger partial charge in [-0.3, -0.25) is 14.7 Å². The molecule has 34 heavy (non-hydrogen) atoms. The number of fused-ring (bicyclic) bond motifs is 3. The number of hydrogen-bond donors (Lipinski definition) is 5. The van der Waals surface area contributed by atoms with E-state index in [1.54, 1.807) is 11.1 Å². The van der Waals surface area contributed by atoms with Gasteiger partial charge in [0.15, 0.2) is 5.50 Å². The highest BCUT2D eigenvalue weighted by molar-refractivity contribution is 8.02. The maximum Gasteiger partial charge on any atom is 0.271 e. The van der Waals surface area contributed by atoms with E-state index in [0.29, 0.717) is 49.4 Å². The number of nitrogen functional groups attached to an aromatic ring is 1. The van der Waals surface area contributed by atoms with Crippen LogP contribution in [-0.2, 0) is 16.6 Å². The third-order valence-corrected chi connectivity index (χ3v) is 7.42. The average molecular weight is 485 g/mol. The number of nitrogens with zero attached hydrogens (tertiary/aromatic N) is 4. The number of carbonyl (C=O) groups excluding carboxylic acids is 2. The lowest BCUT2D eigenvalue weighted by atomic mass is 9.73. The second-order valence-electron chi connectivity index (χ2n) is 9.55. The molecular formula is C22H28N8O3S. The summed E-state index contributed by atoms with van der Waals surface area (Å²) in [7, 11) is 0. The summed E-state index contributed by atoms with van der Waals surface area (Å²) in [5.41, 5.74) is 9.21. The van der Waals surface area contributed by atoms with Crippen LogP contribution in [-0.4, -0.2) is 66.7 Å². The van der Waals surface area contributed by atoms with Gasteiger partial charge >= 0.3 is 0 Å². The van der Waals surface area contributed by atoms with E-state index in [1.807, 2.05) is 5.41 Å². The summed E-state index contributed by atoms with van der Waals surface area (Å²) in [6, 6.07) is 0. The predicted molar refractivity (Wildman–Crippen MR) is 127 cm³/mol. The van der Waals surface area contributed by atoms with Crippen molar-refractivity contribution in [2.24, 2.45) is 0 Å². The molecule has 180 valence electrons. The fourth-order valence-electron chi connectivity index (χ4n) is 4.79. The SMILES string of the molecule is CC1(C)Cc2cnc(N)nc2-c2n[nH]c(C(=O)NC3NC(CC(=O)N4CCC(O)CC4)=CS3)c21. The molecule has 11 nitrogen and oxygen atoms in total. The number of aliphatic hydroxyl groups excluding tert-OH is 1. The summed E-state index contributed by atoms with van der Waals surface area (Å²) >= 11 is 1.41. The highest BCUT2D eigenvalue weighted by atomic mass is 32.2. The van der Waals surface area contributed by atoms with Gasteiger partial charge in [-0.25, -0.2) is 9.97 Å². The molecule has 1 unspecified atom stereocenters. The maximum absolute atomic E-state index is 13.2. The Bertz CT molecular complexity index is 1170. The molecule has 2 aliphatic heterocycles.